The lowest BCUT2D eigenvalue weighted by Gasteiger charge is -1.96. The first-order chi connectivity index (χ1) is 6.24. The van der Waals surface area contributed by atoms with Crippen LogP contribution in [0.15, 0.2) is 24.3 Å². The predicted octanol–water partition coefficient (Wildman–Crippen LogP) is 1.74. The fourth-order valence-corrected chi connectivity index (χ4v) is 0.776. The quantitative estimate of drug-likeness (QED) is 0.698. The van der Waals surface area contributed by atoms with E-state index in [0.29, 0.717) is 5.75 Å². The molecular weight excluding hydrogens is 168 g/mol. The van der Waals surface area contributed by atoms with Crippen LogP contribution in [-0.4, -0.2) is 11.1 Å². The molecule has 0 saturated carbocycles. The van der Waals surface area contributed by atoms with Gasteiger partial charge in [-0.15, -0.1) is 0 Å². The predicted molar refractivity (Wildman–Crippen MR) is 47.5 cm³/mol. The van der Waals surface area contributed by atoms with Crippen LogP contribution in [0.1, 0.15) is 17.3 Å². The van der Waals surface area contributed by atoms with E-state index in [1.54, 1.807) is 19.1 Å². The van der Waals surface area contributed by atoms with Crippen molar-refractivity contribution in [3.8, 4) is 17.8 Å². The van der Waals surface area contributed by atoms with Crippen LogP contribution in [-0.2, 0) is 0 Å². The number of aromatic carboxylic acids is 1. The van der Waals surface area contributed by atoms with Gasteiger partial charge in [0, 0.05) is 6.92 Å². The second-order valence-electron chi connectivity index (χ2n) is 2.28. The Morgan fingerprint density at radius 2 is 2.00 bits per heavy atom. The van der Waals surface area contributed by atoms with E-state index in [2.05, 4.69) is 12.0 Å². The Labute approximate surface area is 76.0 Å². The van der Waals surface area contributed by atoms with Crippen LogP contribution in [0.5, 0.6) is 5.75 Å². The van der Waals surface area contributed by atoms with E-state index in [0.717, 1.165) is 0 Å². The van der Waals surface area contributed by atoms with Crippen molar-refractivity contribution < 1.29 is 14.6 Å². The lowest BCUT2D eigenvalue weighted by atomic mass is 10.2. The van der Waals surface area contributed by atoms with E-state index in [1.165, 1.54) is 12.1 Å². The van der Waals surface area contributed by atoms with Crippen molar-refractivity contribution in [3.05, 3.63) is 29.8 Å². The summed E-state index contributed by atoms with van der Waals surface area (Å²) in [4.78, 5) is 10.5. The molecule has 1 aromatic rings. The third-order valence-corrected chi connectivity index (χ3v) is 1.37. The Hall–Kier alpha value is -1.95. The summed E-state index contributed by atoms with van der Waals surface area (Å²) in [5.74, 6) is 2.16. The minimum absolute atomic E-state index is 0.233. The van der Waals surface area contributed by atoms with E-state index >= 15 is 0 Å². The normalized spacial score (nSPS) is 8.38. The maximum Gasteiger partial charge on any atom is 0.335 e. The van der Waals surface area contributed by atoms with Crippen LogP contribution >= 0.6 is 0 Å². The molecular formula is C10H8O3. The zero-order chi connectivity index (χ0) is 9.68. The summed E-state index contributed by atoms with van der Waals surface area (Å²) in [6.07, 6.45) is 2.42. The van der Waals surface area contributed by atoms with Gasteiger partial charge in [-0.3, -0.25) is 0 Å². The van der Waals surface area contributed by atoms with E-state index in [-0.39, 0.29) is 5.56 Å². The van der Waals surface area contributed by atoms with E-state index in [9.17, 15) is 4.79 Å². The molecule has 0 unspecified atom stereocenters. The minimum atomic E-state index is -0.951. The molecule has 0 fully saturated rings. The first-order valence-electron chi connectivity index (χ1n) is 3.66. The Morgan fingerprint density at radius 1 is 1.38 bits per heavy atom. The van der Waals surface area contributed by atoms with Crippen molar-refractivity contribution in [1.29, 1.82) is 0 Å². The number of benzene rings is 1. The summed E-state index contributed by atoms with van der Waals surface area (Å²) < 4.78 is 4.94. The number of hydrogen-bond donors (Lipinski definition) is 1. The van der Waals surface area contributed by atoms with Crippen molar-refractivity contribution in [2.45, 2.75) is 6.92 Å². The molecule has 0 aliphatic carbocycles. The largest absolute Gasteiger partial charge is 0.478 e. The zero-order valence-electron chi connectivity index (χ0n) is 7.07. The Balaban J connectivity index is 2.79. The van der Waals surface area contributed by atoms with Crippen molar-refractivity contribution in [2.75, 3.05) is 0 Å². The number of rotatable bonds is 2. The lowest BCUT2D eigenvalue weighted by Crippen LogP contribution is -1.95. The highest BCUT2D eigenvalue weighted by Crippen LogP contribution is 2.11. The van der Waals surface area contributed by atoms with Gasteiger partial charge in [-0.2, -0.15) is 0 Å². The van der Waals surface area contributed by atoms with Gasteiger partial charge >= 0.3 is 5.97 Å². The van der Waals surface area contributed by atoms with Gasteiger partial charge in [0.05, 0.1) is 5.56 Å². The summed E-state index contributed by atoms with van der Waals surface area (Å²) in [6.45, 7) is 1.66. The fraction of sp³-hybridized carbons (Fsp3) is 0.100. The van der Waals surface area contributed by atoms with Gasteiger partial charge in [0.15, 0.2) is 0 Å². The molecule has 0 aromatic heterocycles. The Bertz CT molecular complexity index is 354. The molecule has 0 amide bonds. The van der Waals surface area contributed by atoms with Crippen LogP contribution in [0.3, 0.4) is 0 Å². The number of hydrogen-bond acceptors (Lipinski definition) is 2. The molecule has 0 bridgehead atoms. The highest BCUT2D eigenvalue weighted by atomic mass is 16.5. The smallest absolute Gasteiger partial charge is 0.335 e. The third-order valence-electron chi connectivity index (χ3n) is 1.37. The van der Waals surface area contributed by atoms with Gasteiger partial charge < -0.3 is 9.84 Å². The Morgan fingerprint density at radius 3 is 2.46 bits per heavy atom. The maximum absolute atomic E-state index is 10.5. The molecule has 0 radical (unpaired) electrons. The summed E-state index contributed by atoms with van der Waals surface area (Å²) in [6, 6.07) is 6.06. The molecule has 0 aliphatic rings. The van der Waals surface area contributed by atoms with Gasteiger partial charge in [-0.05, 0) is 24.3 Å². The van der Waals surface area contributed by atoms with Crippen LogP contribution in [0, 0.1) is 12.0 Å². The molecule has 0 heterocycles. The average Bonchev–Trinajstić information content (AvgIpc) is 2.15. The zero-order valence-corrected chi connectivity index (χ0v) is 7.07. The summed E-state index contributed by atoms with van der Waals surface area (Å²) in [7, 11) is 0. The van der Waals surface area contributed by atoms with Crippen molar-refractivity contribution >= 4 is 5.97 Å². The number of carbonyl (C=O) groups is 1. The first kappa shape index (κ1) is 9.14. The lowest BCUT2D eigenvalue weighted by molar-refractivity contribution is 0.0697. The van der Waals surface area contributed by atoms with Crippen molar-refractivity contribution in [3.63, 3.8) is 0 Å². The number of carboxylic acid groups (broad SMARTS) is 1. The Kier molecular flexibility index (Phi) is 2.93. The second kappa shape index (κ2) is 4.17. The fourth-order valence-electron chi connectivity index (χ4n) is 0.776. The van der Waals surface area contributed by atoms with Crippen LogP contribution in [0.25, 0.3) is 0 Å². The molecule has 0 spiro atoms. The average molecular weight is 176 g/mol. The number of ether oxygens (including phenoxy) is 1. The number of carboxylic acids is 1. The van der Waals surface area contributed by atoms with Gasteiger partial charge in [0.1, 0.15) is 11.9 Å². The maximum atomic E-state index is 10.5. The third kappa shape index (κ3) is 2.53. The molecule has 1 rings (SSSR count). The van der Waals surface area contributed by atoms with Gasteiger partial charge in [0.2, 0.25) is 0 Å². The van der Waals surface area contributed by atoms with Crippen LogP contribution in [0.2, 0.25) is 0 Å². The van der Waals surface area contributed by atoms with Gasteiger partial charge in [-0.25, -0.2) is 4.79 Å². The SMILES string of the molecule is CC#COc1ccc(C(=O)O)cc1. The molecule has 13 heavy (non-hydrogen) atoms. The minimum Gasteiger partial charge on any atom is -0.478 e. The molecule has 0 saturated heterocycles. The van der Waals surface area contributed by atoms with E-state index in [1.807, 2.05) is 0 Å². The highest BCUT2D eigenvalue weighted by Gasteiger charge is 2.00. The molecule has 66 valence electrons. The highest BCUT2D eigenvalue weighted by molar-refractivity contribution is 5.87. The molecule has 0 atom stereocenters. The topological polar surface area (TPSA) is 46.5 Å². The van der Waals surface area contributed by atoms with Crippen molar-refractivity contribution in [2.24, 2.45) is 0 Å². The molecule has 1 N–H and O–H groups in total. The standard InChI is InChI=1S/C10H8O3/c1-2-7-13-9-5-3-8(4-6-9)10(11)12/h3-6H,1H3,(H,11,12). The monoisotopic (exact) mass is 176 g/mol. The van der Waals surface area contributed by atoms with Crippen LogP contribution in [0.4, 0.5) is 0 Å². The van der Waals surface area contributed by atoms with E-state index in [4.69, 9.17) is 9.84 Å². The van der Waals surface area contributed by atoms with Crippen molar-refractivity contribution in [1.82, 2.24) is 0 Å². The summed E-state index contributed by atoms with van der Waals surface area (Å²) in [5, 5.41) is 8.58. The molecule has 3 nitrogen and oxygen atoms in total. The second-order valence-corrected chi connectivity index (χ2v) is 2.28. The molecule has 3 heteroatoms. The van der Waals surface area contributed by atoms with E-state index < -0.39 is 5.97 Å². The summed E-state index contributed by atoms with van der Waals surface area (Å²) >= 11 is 0. The van der Waals surface area contributed by atoms with Gasteiger partial charge in [-0.1, -0.05) is 5.92 Å². The molecule has 0 aliphatic heterocycles. The van der Waals surface area contributed by atoms with Gasteiger partial charge in [0.25, 0.3) is 0 Å². The van der Waals surface area contributed by atoms with Crippen LogP contribution < -0.4 is 4.74 Å². The first-order valence-corrected chi connectivity index (χ1v) is 3.66. The summed E-state index contributed by atoms with van der Waals surface area (Å²) in [5.41, 5.74) is 0.233. The molecule has 1 aromatic carbocycles.